The summed E-state index contributed by atoms with van der Waals surface area (Å²) in [6.07, 6.45) is -0.383. The first-order valence-electron chi connectivity index (χ1n) is 5.88. The van der Waals surface area contributed by atoms with Gasteiger partial charge >= 0.3 is 0 Å². The highest BCUT2D eigenvalue weighted by atomic mass is 35.5. The van der Waals surface area contributed by atoms with Crippen LogP contribution in [-0.4, -0.2) is 24.7 Å². The zero-order valence-electron chi connectivity index (χ0n) is 11.3. The van der Waals surface area contributed by atoms with Gasteiger partial charge in [0.25, 0.3) is 0 Å². The predicted molar refractivity (Wildman–Crippen MR) is 74.6 cm³/mol. The molecule has 7 heteroatoms. The number of nitrogens with zero attached hydrogens (tertiary/aromatic N) is 4. The Morgan fingerprint density at radius 2 is 1.58 bits per heavy atom. The zero-order chi connectivity index (χ0) is 14.3. The van der Waals surface area contributed by atoms with Gasteiger partial charge in [-0.05, 0) is 13.8 Å². The molecule has 5 nitrogen and oxygen atoms in total. The van der Waals surface area contributed by atoms with Crippen molar-refractivity contribution >= 4 is 23.2 Å². The molecule has 0 aliphatic heterocycles. The largest absolute Gasteiger partial charge is 0.388 e. The molecule has 2 aromatic heterocycles. The van der Waals surface area contributed by atoms with Gasteiger partial charge in [0.05, 0.1) is 17.5 Å². The summed E-state index contributed by atoms with van der Waals surface area (Å²) in [4.78, 5) is 0. The van der Waals surface area contributed by atoms with Gasteiger partial charge in [0.15, 0.2) is 0 Å². The molecule has 0 aliphatic carbocycles. The number of aryl methyl sites for hydroxylation is 4. The van der Waals surface area contributed by atoms with Crippen LogP contribution in [0.2, 0.25) is 10.3 Å². The molecule has 0 fully saturated rings. The van der Waals surface area contributed by atoms with E-state index in [4.69, 9.17) is 23.2 Å². The number of aliphatic hydroxyl groups excluding tert-OH is 1. The Kier molecular flexibility index (Phi) is 3.90. The molecule has 0 saturated heterocycles. The lowest BCUT2D eigenvalue weighted by Crippen LogP contribution is -2.04. The Morgan fingerprint density at radius 3 is 2.00 bits per heavy atom. The van der Waals surface area contributed by atoms with Crippen LogP contribution >= 0.6 is 23.2 Å². The molecule has 1 atom stereocenters. The summed E-state index contributed by atoms with van der Waals surface area (Å²) in [6, 6.07) is 0. The van der Waals surface area contributed by atoms with E-state index in [9.17, 15) is 5.11 Å². The molecule has 0 spiro atoms. The first kappa shape index (κ1) is 14.4. The maximum absolute atomic E-state index is 10.4. The second-order valence-electron chi connectivity index (χ2n) is 4.61. The summed E-state index contributed by atoms with van der Waals surface area (Å²) in [5.41, 5.74) is 3.00. The Balaban J connectivity index is 2.33. The van der Waals surface area contributed by atoms with Crippen LogP contribution in [0.3, 0.4) is 0 Å². The van der Waals surface area contributed by atoms with Crippen LogP contribution < -0.4 is 0 Å². The molecule has 19 heavy (non-hydrogen) atoms. The van der Waals surface area contributed by atoms with Gasteiger partial charge in [0.1, 0.15) is 10.3 Å². The second kappa shape index (κ2) is 5.15. The molecular weight excluding hydrogens is 287 g/mol. The summed E-state index contributed by atoms with van der Waals surface area (Å²) in [5, 5.41) is 19.8. The lowest BCUT2D eigenvalue weighted by molar-refractivity contribution is 0.177. The Bertz CT molecular complexity index is 618. The maximum atomic E-state index is 10.4. The minimum absolute atomic E-state index is 0.366. The molecule has 0 saturated carbocycles. The maximum Gasteiger partial charge on any atom is 0.132 e. The standard InChI is InChI=1S/C12H16Cl2N4O/c1-6-8(11(13)17(3)15-6)5-9(19)10-7(2)16-18(4)12(10)14/h9,19H,5H2,1-4H3. The lowest BCUT2D eigenvalue weighted by Gasteiger charge is -2.10. The van der Waals surface area contributed by atoms with Gasteiger partial charge in [-0.3, -0.25) is 9.36 Å². The van der Waals surface area contributed by atoms with Crippen LogP contribution in [0.25, 0.3) is 0 Å². The molecule has 0 bridgehead atoms. The number of aliphatic hydroxyl groups is 1. The van der Waals surface area contributed by atoms with Gasteiger partial charge in [-0.15, -0.1) is 0 Å². The summed E-state index contributed by atoms with van der Waals surface area (Å²) < 4.78 is 3.14. The van der Waals surface area contributed by atoms with E-state index in [1.54, 1.807) is 23.5 Å². The van der Waals surface area contributed by atoms with Crippen LogP contribution in [-0.2, 0) is 20.5 Å². The van der Waals surface area contributed by atoms with Gasteiger partial charge in [-0.2, -0.15) is 10.2 Å². The minimum atomic E-state index is -0.749. The fourth-order valence-electron chi connectivity index (χ4n) is 2.23. The van der Waals surface area contributed by atoms with Crippen molar-refractivity contribution in [2.45, 2.75) is 26.4 Å². The number of halogens is 2. The van der Waals surface area contributed by atoms with Crippen molar-refractivity contribution < 1.29 is 5.11 Å². The Hall–Kier alpha value is -1.04. The average Bonchev–Trinajstić information content (AvgIpc) is 2.70. The number of rotatable bonds is 3. The van der Waals surface area contributed by atoms with Crippen molar-refractivity contribution in [3.05, 3.63) is 32.8 Å². The molecule has 2 aromatic rings. The molecule has 2 rings (SSSR count). The molecular formula is C12H16Cl2N4O. The van der Waals surface area contributed by atoms with E-state index in [1.165, 1.54) is 0 Å². The summed E-state index contributed by atoms with van der Waals surface area (Å²) in [7, 11) is 3.52. The van der Waals surface area contributed by atoms with Crippen LogP contribution in [0.1, 0.15) is 28.6 Å². The van der Waals surface area contributed by atoms with E-state index < -0.39 is 6.10 Å². The third-order valence-corrected chi connectivity index (χ3v) is 4.12. The summed E-state index contributed by atoms with van der Waals surface area (Å²) in [5.74, 6) is 0. The number of hydrogen-bond acceptors (Lipinski definition) is 3. The van der Waals surface area contributed by atoms with Crippen molar-refractivity contribution in [1.82, 2.24) is 19.6 Å². The van der Waals surface area contributed by atoms with E-state index in [2.05, 4.69) is 10.2 Å². The van der Waals surface area contributed by atoms with Gasteiger partial charge in [-0.1, -0.05) is 23.2 Å². The van der Waals surface area contributed by atoms with Crippen LogP contribution in [0.5, 0.6) is 0 Å². The first-order valence-corrected chi connectivity index (χ1v) is 6.63. The van der Waals surface area contributed by atoms with E-state index >= 15 is 0 Å². The van der Waals surface area contributed by atoms with Crippen molar-refractivity contribution in [3.8, 4) is 0 Å². The van der Waals surface area contributed by atoms with Crippen molar-refractivity contribution in [3.63, 3.8) is 0 Å². The van der Waals surface area contributed by atoms with E-state index in [-0.39, 0.29) is 0 Å². The van der Waals surface area contributed by atoms with Gasteiger partial charge in [-0.25, -0.2) is 0 Å². The molecule has 0 radical (unpaired) electrons. The normalized spacial score (nSPS) is 13.0. The van der Waals surface area contributed by atoms with E-state index in [0.717, 1.165) is 17.0 Å². The molecule has 1 N–H and O–H groups in total. The molecule has 0 aromatic carbocycles. The quantitative estimate of drug-likeness (QED) is 0.947. The summed E-state index contributed by atoms with van der Waals surface area (Å²) in [6.45, 7) is 3.69. The number of aromatic nitrogens is 4. The molecule has 0 aliphatic rings. The highest BCUT2D eigenvalue weighted by molar-refractivity contribution is 6.30. The van der Waals surface area contributed by atoms with Crippen molar-refractivity contribution in [2.24, 2.45) is 14.1 Å². The Labute approximate surface area is 121 Å². The Morgan fingerprint density at radius 1 is 1.05 bits per heavy atom. The SMILES string of the molecule is Cc1nn(C)c(Cl)c1CC(O)c1c(C)nn(C)c1Cl. The van der Waals surface area contributed by atoms with Crippen molar-refractivity contribution in [2.75, 3.05) is 0 Å². The third kappa shape index (κ3) is 2.50. The zero-order valence-corrected chi connectivity index (χ0v) is 12.8. The number of hydrogen-bond donors (Lipinski definition) is 1. The van der Waals surface area contributed by atoms with Crippen LogP contribution in [0.4, 0.5) is 0 Å². The fourth-order valence-corrected chi connectivity index (χ4v) is 2.78. The molecule has 2 heterocycles. The third-order valence-electron chi connectivity index (χ3n) is 3.20. The smallest absolute Gasteiger partial charge is 0.132 e. The van der Waals surface area contributed by atoms with E-state index in [0.29, 0.717) is 22.3 Å². The monoisotopic (exact) mass is 302 g/mol. The second-order valence-corrected chi connectivity index (χ2v) is 5.33. The predicted octanol–water partition coefficient (Wildman–Crippen LogP) is 2.35. The van der Waals surface area contributed by atoms with Gasteiger partial charge < -0.3 is 5.11 Å². The first-order chi connectivity index (χ1) is 8.82. The molecule has 1 unspecified atom stereocenters. The minimum Gasteiger partial charge on any atom is -0.388 e. The highest BCUT2D eigenvalue weighted by Crippen LogP contribution is 2.31. The molecule has 104 valence electrons. The highest BCUT2D eigenvalue weighted by Gasteiger charge is 2.23. The topological polar surface area (TPSA) is 55.9 Å². The van der Waals surface area contributed by atoms with Gasteiger partial charge in [0.2, 0.25) is 0 Å². The van der Waals surface area contributed by atoms with Gasteiger partial charge in [0, 0.05) is 31.6 Å². The fraction of sp³-hybridized carbons (Fsp3) is 0.500. The van der Waals surface area contributed by atoms with Crippen LogP contribution in [0, 0.1) is 13.8 Å². The summed E-state index contributed by atoms with van der Waals surface area (Å²) >= 11 is 12.3. The van der Waals surface area contributed by atoms with Crippen molar-refractivity contribution in [1.29, 1.82) is 0 Å². The lowest BCUT2D eigenvalue weighted by atomic mass is 10.0. The van der Waals surface area contributed by atoms with Crippen LogP contribution in [0.15, 0.2) is 0 Å². The van der Waals surface area contributed by atoms with E-state index in [1.807, 2.05) is 13.8 Å². The average molecular weight is 303 g/mol. The molecule has 0 amide bonds.